The highest BCUT2D eigenvalue weighted by molar-refractivity contribution is 5.58. The predicted octanol–water partition coefficient (Wildman–Crippen LogP) is 3.46. The Balaban J connectivity index is 1.99. The van der Waals surface area contributed by atoms with Crippen LogP contribution in [0.1, 0.15) is 38.2 Å². The number of rotatable bonds is 6. The number of anilines is 1. The molecule has 0 aromatic heterocycles. The van der Waals surface area contributed by atoms with Crippen molar-refractivity contribution >= 4 is 11.4 Å². The molecule has 0 amide bonds. The number of hydrogen-bond acceptors (Lipinski definition) is 4. The van der Waals surface area contributed by atoms with E-state index < -0.39 is 4.92 Å². The third-order valence-corrected chi connectivity index (χ3v) is 3.43. The van der Waals surface area contributed by atoms with Gasteiger partial charge in [0, 0.05) is 17.8 Å². The second kappa shape index (κ2) is 5.70. The van der Waals surface area contributed by atoms with Gasteiger partial charge in [0.05, 0.1) is 4.92 Å². The molecule has 0 spiro atoms. The number of nitrogens with one attached hydrogen (secondary N) is 1. The molecule has 0 heterocycles. The second-order valence-corrected chi connectivity index (χ2v) is 5.17. The molecule has 0 saturated heterocycles. The Morgan fingerprint density at radius 2 is 2.32 bits per heavy atom. The molecule has 1 aromatic rings. The minimum absolute atomic E-state index is 0.101. The van der Waals surface area contributed by atoms with Crippen molar-refractivity contribution in [2.24, 2.45) is 5.92 Å². The highest BCUT2D eigenvalue weighted by Crippen LogP contribution is 2.34. The second-order valence-electron chi connectivity index (χ2n) is 5.17. The van der Waals surface area contributed by atoms with Gasteiger partial charge in [-0.25, -0.2) is 0 Å². The van der Waals surface area contributed by atoms with Crippen LogP contribution in [-0.4, -0.2) is 11.0 Å². The molecular formula is C14H17N3O2. The van der Waals surface area contributed by atoms with Crippen molar-refractivity contribution in [3.05, 3.63) is 33.9 Å². The Kier molecular flexibility index (Phi) is 4.00. The average molecular weight is 259 g/mol. The summed E-state index contributed by atoms with van der Waals surface area (Å²) in [5, 5.41) is 23.0. The summed E-state index contributed by atoms with van der Waals surface area (Å²) in [4.78, 5) is 10.2. The molecule has 1 atom stereocenters. The van der Waals surface area contributed by atoms with Gasteiger partial charge < -0.3 is 5.32 Å². The Bertz CT molecular complexity index is 518. The van der Waals surface area contributed by atoms with Crippen LogP contribution in [0.25, 0.3) is 0 Å². The monoisotopic (exact) mass is 259 g/mol. The Morgan fingerprint density at radius 1 is 1.58 bits per heavy atom. The molecule has 1 aliphatic carbocycles. The molecule has 100 valence electrons. The van der Waals surface area contributed by atoms with Gasteiger partial charge in [-0.2, -0.15) is 5.26 Å². The van der Waals surface area contributed by atoms with Gasteiger partial charge in [-0.15, -0.1) is 0 Å². The van der Waals surface area contributed by atoms with E-state index in [1.807, 2.05) is 6.07 Å². The molecule has 5 heteroatoms. The number of hydrogen-bond donors (Lipinski definition) is 1. The summed E-state index contributed by atoms with van der Waals surface area (Å²) in [7, 11) is 0. The van der Waals surface area contributed by atoms with Gasteiger partial charge in [-0.1, -0.05) is 12.8 Å². The summed E-state index contributed by atoms with van der Waals surface area (Å²) in [6.45, 7) is 2.09. The third-order valence-electron chi connectivity index (χ3n) is 3.43. The van der Waals surface area contributed by atoms with E-state index in [4.69, 9.17) is 5.26 Å². The zero-order chi connectivity index (χ0) is 13.8. The van der Waals surface area contributed by atoms with Crippen molar-refractivity contribution in [1.29, 1.82) is 5.26 Å². The largest absolute Gasteiger partial charge is 0.383 e. The molecule has 2 rings (SSSR count). The molecule has 1 saturated carbocycles. The first-order valence-electron chi connectivity index (χ1n) is 6.55. The fourth-order valence-electron chi connectivity index (χ4n) is 2.12. The lowest BCUT2D eigenvalue weighted by molar-refractivity contribution is -0.385. The van der Waals surface area contributed by atoms with Crippen LogP contribution in [0.4, 0.5) is 11.4 Å². The quantitative estimate of drug-likeness (QED) is 0.626. The van der Waals surface area contributed by atoms with Crippen LogP contribution in [-0.2, 0) is 0 Å². The van der Waals surface area contributed by atoms with E-state index in [9.17, 15) is 10.1 Å². The summed E-state index contributed by atoms with van der Waals surface area (Å²) >= 11 is 0. The molecular weight excluding hydrogens is 242 g/mol. The van der Waals surface area contributed by atoms with Crippen molar-refractivity contribution < 1.29 is 4.92 Å². The van der Waals surface area contributed by atoms with E-state index in [0.29, 0.717) is 6.04 Å². The number of nitriles is 1. The minimum atomic E-state index is -0.529. The fraction of sp³-hybridized carbons (Fsp3) is 0.500. The normalized spacial score (nSPS) is 15.6. The van der Waals surface area contributed by atoms with Crippen LogP contribution in [0, 0.1) is 27.4 Å². The third kappa shape index (κ3) is 3.68. The van der Waals surface area contributed by atoms with Gasteiger partial charge in [0.1, 0.15) is 11.6 Å². The molecule has 0 radical (unpaired) electrons. The number of nitro benzene ring substituents is 1. The van der Waals surface area contributed by atoms with Crippen molar-refractivity contribution in [2.45, 2.75) is 38.6 Å². The first-order chi connectivity index (χ1) is 9.10. The molecule has 1 N–H and O–H groups in total. The molecule has 0 bridgehead atoms. The topological polar surface area (TPSA) is 79.0 Å². The first kappa shape index (κ1) is 13.3. The molecule has 1 aromatic carbocycles. The smallest absolute Gasteiger partial charge is 0.287 e. The summed E-state index contributed by atoms with van der Waals surface area (Å²) in [5.41, 5.74) is 0.730. The number of benzene rings is 1. The summed E-state index contributed by atoms with van der Waals surface area (Å²) in [5.74, 6) is 0.899. The molecule has 1 aliphatic rings. The van der Waals surface area contributed by atoms with E-state index in [2.05, 4.69) is 12.2 Å². The van der Waals surface area contributed by atoms with Crippen molar-refractivity contribution in [3.63, 3.8) is 0 Å². The van der Waals surface area contributed by atoms with Crippen LogP contribution in [0.5, 0.6) is 0 Å². The van der Waals surface area contributed by atoms with Gasteiger partial charge in [0.2, 0.25) is 0 Å². The predicted molar refractivity (Wildman–Crippen MR) is 72.9 cm³/mol. The standard InChI is InChI=1S/C14H17N3O2/c1-10(2-3-11-4-5-11)16-13-6-7-14(17(18)19)12(8-13)9-15/h6-8,10-11,16H,2-5H2,1H3. The molecule has 1 unspecified atom stereocenters. The van der Waals surface area contributed by atoms with Gasteiger partial charge in [0.25, 0.3) is 5.69 Å². The van der Waals surface area contributed by atoms with Gasteiger partial charge >= 0.3 is 0 Å². The van der Waals surface area contributed by atoms with E-state index in [0.717, 1.165) is 18.0 Å². The highest BCUT2D eigenvalue weighted by atomic mass is 16.6. The van der Waals surface area contributed by atoms with E-state index in [-0.39, 0.29) is 11.3 Å². The van der Waals surface area contributed by atoms with Crippen LogP contribution >= 0.6 is 0 Å². The van der Waals surface area contributed by atoms with Gasteiger partial charge in [0.15, 0.2) is 0 Å². The van der Waals surface area contributed by atoms with Crippen LogP contribution in [0.3, 0.4) is 0 Å². The van der Waals surface area contributed by atoms with E-state index in [1.54, 1.807) is 12.1 Å². The minimum Gasteiger partial charge on any atom is -0.383 e. The van der Waals surface area contributed by atoms with Gasteiger partial charge in [-0.3, -0.25) is 10.1 Å². The summed E-state index contributed by atoms with van der Waals surface area (Å²) in [6, 6.07) is 6.77. The van der Waals surface area contributed by atoms with Crippen LogP contribution < -0.4 is 5.32 Å². The molecule has 1 fully saturated rings. The lowest BCUT2D eigenvalue weighted by atomic mass is 10.1. The van der Waals surface area contributed by atoms with E-state index >= 15 is 0 Å². The zero-order valence-electron chi connectivity index (χ0n) is 10.9. The Hall–Kier alpha value is -2.09. The maximum atomic E-state index is 10.7. The molecule has 5 nitrogen and oxygen atoms in total. The maximum absolute atomic E-state index is 10.7. The van der Waals surface area contributed by atoms with Crippen molar-refractivity contribution in [2.75, 3.05) is 5.32 Å². The Labute approximate surface area is 112 Å². The SMILES string of the molecule is CC(CCC1CC1)Nc1ccc([N+](=O)[O-])c(C#N)c1. The number of nitrogens with zero attached hydrogens (tertiary/aromatic N) is 2. The number of nitro groups is 1. The van der Waals surface area contributed by atoms with Crippen molar-refractivity contribution in [1.82, 2.24) is 0 Å². The zero-order valence-corrected chi connectivity index (χ0v) is 10.9. The van der Waals surface area contributed by atoms with Crippen LogP contribution in [0.15, 0.2) is 18.2 Å². The lowest BCUT2D eigenvalue weighted by Gasteiger charge is -2.15. The van der Waals surface area contributed by atoms with Crippen molar-refractivity contribution in [3.8, 4) is 6.07 Å². The Morgan fingerprint density at radius 3 is 2.89 bits per heavy atom. The molecule has 0 aliphatic heterocycles. The summed E-state index contributed by atoms with van der Waals surface area (Å²) in [6.07, 6.45) is 5.02. The highest BCUT2D eigenvalue weighted by Gasteiger charge is 2.21. The van der Waals surface area contributed by atoms with Gasteiger partial charge in [-0.05, 0) is 37.8 Å². The maximum Gasteiger partial charge on any atom is 0.287 e. The van der Waals surface area contributed by atoms with Crippen LogP contribution in [0.2, 0.25) is 0 Å². The average Bonchev–Trinajstić information content (AvgIpc) is 3.20. The van der Waals surface area contributed by atoms with E-state index in [1.165, 1.54) is 25.3 Å². The lowest BCUT2D eigenvalue weighted by Crippen LogP contribution is -2.15. The first-order valence-corrected chi connectivity index (χ1v) is 6.55. The summed E-state index contributed by atoms with van der Waals surface area (Å²) < 4.78 is 0. The fourth-order valence-corrected chi connectivity index (χ4v) is 2.12. The molecule has 19 heavy (non-hydrogen) atoms.